The van der Waals surface area contributed by atoms with Gasteiger partial charge in [-0.25, -0.2) is 0 Å². The van der Waals surface area contributed by atoms with Gasteiger partial charge in [0.15, 0.2) is 0 Å². The molecule has 3 nitrogen and oxygen atoms in total. The summed E-state index contributed by atoms with van der Waals surface area (Å²) in [4.78, 5) is 2.61. The Morgan fingerprint density at radius 3 is 2.06 bits per heavy atom. The lowest BCUT2D eigenvalue weighted by molar-refractivity contribution is 0.0701. The highest BCUT2D eigenvalue weighted by Gasteiger charge is 2.25. The Labute approximate surface area is 108 Å². The van der Waals surface area contributed by atoms with Gasteiger partial charge in [0.25, 0.3) is 0 Å². The molecule has 1 N–H and O–H groups in total. The van der Waals surface area contributed by atoms with E-state index in [1.807, 2.05) is 0 Å². The summed E-state index contributed by atoms with van der Waals surface area (Å²) in [6, 6.07) is 1.79. The maximum atomic E-state index is 5.25. The third-order valence-electron chi connectivity index (χ3n) is 3.88. The molecule has 0 rings (SSSR count). The normalized spacial score (nSPS) is 15.5. The van der Waals surface area contributed by atoms with Crippen LogP contribution in [0.1, 0.15) is 47.0 Å². The molecule has 0 aliphatic heterocycles. The highest BCUT2D eigenvalue weighted by atomic mass is 16.5. The zero-order valence-electron chi connectivity index (χ0n) is 12.6. The highest BCUT2D eigenvalue weighted by Crippen LogP contribution is 2.16. The first-order chi connectivity index (χ1) is 8.15. The number of nitrogens with zero attached hydrogens (tertiary/aromatic N) is 1. The summed E-state index contributed by atoms with van der Waals surface area (Å²) in [5, 5.41) is 3.43. The van der Waals surface area contributed by atoms with E-state index in [1.165, 1.54) is 19.3 Å². The van der Waals surface area contributed by atoms with Crippen LogP contribution in [0, 0.1) is 0 Å². The van der Waals surface area contributed by atoms with E-state index >= 15 is 0 Å². The summed E-state index contributed by atoms with van der Waals surface area (Å²) in [6.07, 6.45) is 3.59. The van der Waals surface area contributed by atoms with Crippen LogP contribution < -0.4 is 5.32 Å². The molecule has 0 aromatic heterocycles. The van der Waals surface area contributed by atoms with Crippen LogP contribution in [-0.4, -0.2) is 50.3 Å². The molecular formula is C14H32N2O. The molecule has 0 amide bonds. The lowest BCUT2D eigenvalue weighted by atomic mass is 10.0. The van der Waals surface area contributed by atoms with Crippen molar-refractivity contribution >= 4 is 0 Å². The molecule has 0 saturated heterocycles. The number of methoxy groups -OCH3 is 1. The summed E-state index contributed by atoms with van der Waals surface area (Å²) < 4.78 is 5.25. The fourth-order valence-electron chi connectivity index (χ4n) is 2.69. The van der Waals surface area contributed by atoms with Crippen molar-refractivity contribution in [2.45, 2.75) is 65.1 Å². The van der Waals surface area contributed by atoms with Crippen LogP contribution in [0.5, 0.6) is 0 Å². The van der Waals surface area contributed by atoms with E-state index in [2.05, 4.69) is 45.0 Å². The number of ether oxygens (including phenoxy) is 1. The van der Waals surface area contributed by atoms with Gasteiger partial charge >= 0.3 is 0 Å². The van der Waals surface area contributed by atoms with Crippen LogP contribution >= 0.6 is 0 Å². The average Bonchev–Trinajstić information content (AvgIpc) is 2.35. The standard InChI is InChI=1S/C14H32N2O/c1-7-13(8-2)16(10-11-17-6)12(4)14(9-3)15-5/h12-15H,7-11H2,1-6H3. The first-order valence-corrected chi connectivity index (χ1v) is 7.07. The van der Waals surface area contributed by atoms with Gasteiger partial charge < -0.3 is 10.1 Å². The molecule has 0 aromatic carbocycles. The quantitative estimate of drug-likeness (QED) is 0.639. The maximum Gasteiger partial charge on any atom is 0.0589 e. The third-order valence-corrected chi connectivity index (χ3v) is 3.88. The highest BCUT2D eigenvalue weighted by molar-refractivity contribution is 4.83. The van der Waals surface area contributed by atoms with Gasteiger partial charge in [-0.3, -0.25) is 4.90 Å². The molecule has 17 heavy (non-hydrogen) atoms. The SMILES string of the molecule is CCC(NC)C(C)N(CCOC)C(CC)CC. The lowest BCUT2D eigenvalue weighted by Crippen LogP contribution is -2.52. The molecule has 0 aliphatic carbocycles. The van der Waals surface area contributed by atoms with Gasteiger partial charge in [0.1, 0.15) is 0 Å². The van der Waals surface area contributed by atoms with Crippen LogP contribution in [0.3, 0.4) is 0 Å². The molecule has 104 valence electrons. The Morgan fingerprint density at radius 1 is 1.12 bits per heavy atom. The molecule has 2 atom stereocenters. The second-order valence-electron chi connectivity index (χ2n) is 4.74. The molecule has 0 bridgehead atoms. The number of hydrogen-bond acceptors (Lipinski definition) is 3. The predicted molar refractivity (Wildman–Crippen MR) is 75.6 cm³/mol. The molecule has 0 aromatic rings. The zero-order chi connectivity index (χ0) is 13.3. The van der Waals surface area contributed by atoms with E-state index in [-0.39, 0.29) is 0 Å². The Hall–Kier alpha value is -0.120. The Kier molecular flexibility index (Phi) is 9.79. The Morgan fingerprint density at radius 2 is 1.71 bits per heavy atom. The number of hydrogen-bond donors (Lipinski definition) is 1. The van der Waals surface area contributed by atoms with Gasteiger partial charge in [0, 0.05) is 31.8 Å². The van der Waals surface area contributed by atoms with Crippen LogP contribution in [-0.2, 0) is 4.74 Å². The smallest absolute Gasteiger partial charge is 0.0589 e. The van der Waals surface area contributed by atoms with Crippen molar-refractivity contribution in [3.63, 3.8) is 0 Å². The second kappa shape index (κ2) is 9.86. The first kappa shape index (κ1) is 16.9. The summed E-state index contributed by atoms with van der Waals surface area (Å²) in [5.41, 5.74) is 0. The third kappa shape index (κ3) is 5.36. The van der Waals surface area contributed by atoms with Gasteiger partial charge in [-0.05, 0) is 33.2 Å². The van der Waals surface area contributed by atoms with Crippen molar-refractivity contribution in [3.8, 4) is 0 Å². The minimum absolute atomic E-state index is 0.560. The topological polar surface area (TPSA) is 24.5 Å². The number of rotatable bonds is 10. The van der Waals surface area contributed by atoms with Crippen LogP contribution in [0.4, 0.5) is 0 Å². The van der Waals surface area contributed by atoms with E-state index in [0.717, 1.165) is 13.2 Å². The van der Waals surface area contributed by atoms with Crippen molar-refractivity contribution in [2.75, 3.05) is 27.3 Å². The Bertz CT molecular complexity index is 168. The average molecular weight is 244 g/mol. The fraction of sp³-hybridized carbons (Fsp3) is 1.00. The number of likely N-dealkylation sites (N-methyl/N-ethyl adjacent to an activating group) is 1. The Balaban J connectivity index is 4.62. The van der Waals surface area contributed by atoms with E-state index in [0.29, 0.717) is 18.1 Å². The van der Waals surface area contributed by atoms with Crippen LogP contribution in [0.25, 0.3) is 0 Å². The monoisotopic (exact) mass is 244 g/mol. The first-order valence-electron chi connectivity index (χ1n) is 7.07. The van der Waals surface area contributed by atoms with Gasteiger partial charge in [-0.1, -0.05) is 20.8 Å². The second-order valence-corrected chi connectivity index (χ2v) is 4.74. The van der Waals surface area contributed by atoms with Crippen molar-refractivity contribution in [1.29, 1.82) is 0 Å². The van der Waals surface area contributed by atoms with Crippen LogP contribution in [0.15, 0.2) is 0 Å². The molecule has 3 heteroatoms. The van der Waals surface area contributed by atoms with Gasteiger partial charge in [0.2, 0.25) is 0 Å². The van der Waals surface area contributed by atoms with Crippen molar-refractivity contribution < 1.29 is 4.74 Å². The van der Waals surface area contributed by atoms with E-state index in [4.69, 9.17) is 4.74 Å². The predicted octanol–water partition coefficient (Wildman–Crippen LogP) is 2.51. The van der Waals surface area contributed by atoms with Crippen LogP contribution in [0.2, 0.25) is 0 Å². The summed E-state index contributed by atoms with van der Waals surface area (Å²) in [5.74, 6) is 0. The summed E-state index contributed by atoms with van der Waals surface area (Å²) >= 11 is 0. The largest absolute Gasteiger partial charge is 0.383 e. The molecule has 0 spiro atoms. The van der Waals surface area contributed by atoms with Gasteiger partial charge in [-0.2, -0.15) is 0 Å². The van der Waals surface area contributed by atoms with Gasteiger partial charge in [-0.15, -0.1) is 0 Å². The molecule has 0 radical (unpaired) electrons. The molecule has 0 aliphatic rings. The fourth-order valence-corrected chi connectivity index (χ4v) is 2.69. The summed E-state index contributed by atoms with van der Waals surface area (Å²) in [7, 11) is 3.84. The van der Waals surface area contributed by atoms with Crippen molar-refractivity contribution in [2.24, 2.45) is 0 Å². The molecule has 0 saturated carbocycles. The van der Waals surface area contributed by atoms with E-state index in [9.17, 15) is 0 Å². The minimum atomic E-state index is 0.560. The molecule has 2 unspecified atom stereocenters. The van der Waals surface area contributed by atoms with E-state index < -0.39 is 0 Å². The lowest BCUT2D eigenvalue weighted by Gasteiger charge is -2.39. The maximum absolute atomic E-state index is 5.25. The summed E-state index contributed by atoms with van der Waals surface area (Å²) in [6.45, 7) is 11.0. The number of nitrogens with one attached hydrogen (secondary N) is 1. The zero-order valence-corrected chi connectivity index (χ0v) is 12.6. The molecule has 0 heterocycles. The van der Waals surface area contributed by atoms with Crippen molar-refractivity contribution in [1.82, 2.24) is 10.2 Å². The van der Waals surface area contributed by atoms with Gasteiger partial charge in [0.05, 0.1) is 6.61 Å². The minimum Gasteiger partial charge on any atom is -0.383 e. The molecular weight excluding hydrogens is 212 g/mol. The van der Waals surface area contributed by atoms with Crippen molar-refractivity contribution in [3.05, 3.63) is 0 Å². The van der Waals surface area contributed by atoms with E-state index in [1.54, 1.807) is 7.11 Å². The molecule has 0 fully saturated rings.